The van der Waals surface area contributed by atoms with Crippen molar-refractivity contribution in [2.45, 2.75) is 13.8 Å². The minimum absolute atomic E-state index is 0.292. The van der Waals surface area contributed by atoms with Crippen molar-refractivity contribution in [3.63, 3.8) is 0 Å². The molecule has 4 heterocycles. The van der Waals surface area contributed by atoms with Gasteiger partial charge in [-0.05, 0) is 25.5 Å². The van der Waals surface area contributed by atoms with E-state index in [9.17, 15) is 4.79 Å². The molecule has 9 heteroatoms. The van der Waals surface area contributed by atoms with Crippen molar-refractivity contribution in [3.8, 4) is 10.8 Å². The third-order valence-electron chi connectivity index (χ3n) is 3.92. The van der Waals surface area contributed by atoms with Crippen LogP contribution in [0.3, 0.4) is 0 Å². The first-order valence-electron chi connectivity index (χ1n) is 7.71. The number of amides is 1. The molecule has 4 aromatic rings. The van der Waals surface area contributed by atoms with Crippen molar-refractivity contribution in [1.29, 1.82) is 0 Å². The molecular formula is C17H13ClN6OS. The van der Waals surface area contributed by atoms with Crippen LogP contribution in [0.25, 0.3) is 21.7 Å². The summed E-state index contributed by atoms with van der Waals surface area (Å²) in [6.45, 7) is 3.73. The van der Waals surface area contributed by atoms with Crippen molar-refractivity contribution in [2.24, 2.45) is 0 Å². The number of carbonyl (C=O) groups is 1. The lowest BCUT2D eigenvalue weighted by Gasteiger charge is -2.09. The second-order valence-electron chi connectivity index (χ2n) is 5.68. The van der Waals surface area contributed by atoms with Crippen LogP contribution in [0.15, 0.2) is 36.2 Å². The lowest BCUT2D eigenvalue weighted by atomic mass is 10.2. The number of thiazole rings is 1. The Hall–Kier alpha value is -2.84. The Labute approximate surface area is 157 Å². The van der Waals surface area contributed by atoms with Crippen LogP contribution in [-0.2, 0) is 0 Å². The fraction of sp³-hybridized carbons (Fsp3) is 0.118. The fourth-order valence-electron chi connectivity index (χ4n) is 2.65. The number of rotatable bonds is 3. The van der Waals surface area contributed by atoms with E-state index in [1.165, 1.54) is 17.5 Å². The minimum Gasteiger partial charge on any atom is -0.267 e. The fourth-order valence-corrected chi connectivity index (χ4v) is 3.53. The van der Waals surface area contributed by atoms with Gasteiger partial charge in [-0.3, -0.25) is 19.9 Å². The molecule has 1 N–H and O–H groups in total. The lowest BCUT2D eigenvalue weighted by molar-refractivity contribution is 0.101. The van der Waals surface area contributed by atoms with Gasteiger partial charge in [0.1, 0.15) is 5.15 Å². The van der Waals surface area contributed by atoms with E-state index in [0.29, 0.717) is 27.2 Å². The number of pyridine rings is 1. The number of nitrogens with one attached hydrogen (secondary N) is 1. The summed E-state index contributed by atoms with van der Waals surface area (Å²) in [7, 11) is 0. The van der Waals surface area contributed by atoms with Crippen molar-refractivity contribution in [3.05, 3.63) is 58.2 Å². The summed E-state index contributed by atoms with van der Waals surface area (Å²) in [6, 6.07) is 1.85. The number of aryl methyl sites for hydroxylation is 2. The first-order chi connectivity index (χ1) is 12.5. The molecule has 4 rings (SSSR count). The van der Waals surface area contributed by atoms with Gasteiger partial charge in [0, 0.05) is 35.6 Å². The zero-order chi connectivity index (χ0) is 18.3. The molecule has 130 valence electrons. The Morgan fingerprint density at radius 3 is 2.85 bits per heavy atom. The molecule has 26 heavy (non-hydrogen) atoms. The van der Waals surface area contributed by atoms with Crippen LogP contribution in [0.4, 0.5) is 0 Å². The number of nitrogens with zero attached hydrogens (tertiary/aromatic N) is 5. The van der Waals surface area contributed by atoms with Gasteiger partial charge in [0.05, 0.1) is 16.8 Å². The van der Waals surface area contributed by atoms with Crippen LogP contribution < -0.4 is 5.43 Å². The normalized spacial score (nSPS) is 11.0. The average molecular weight is 385 g/mol. The molecule has 0 atom stereocenters. The molecule has 0 aromatic carbocycles. The van der Waals surface area contributed by atoms with Crippen LogP contribution in [-0.4, -0.2) is 30.5 Å². The van der Waals surface area contributed by atoms with Gasteiger partial charge in [0.15, 0.2) is 10.8 Å². The van der Waals surface area contributed by atoms with Gasteiger partial charge in [-0.25, -0.2) is 15.0 Å². The Kier molecular flexibility index (Phi) is 4.14. The Morgan fingerprint density at radius 1 is 1.27 bits per heavy atom. The van der Waals surface area contributed by atoms with Gasteiger partial charge in [-0.15, -0.1) is 11.3 Å². The SMILES string of the molecule is Cc1nc(-c2nc(Cl)cs2)ncc1C(=O)Nn1cc(C)c2cnccc21. The Morgan fingerprint density at radius 2 is 2.12 bits per heavy atom. The third-order valence-corrected chi connectivity index (χ3v) is 5.08. The maximum atomic E-state index is 12.7. The summed E-state index contributed by atoms with van der Waals surface area (Å²) in [4.78, 5) is 29.6. The topological polar surface area (TPSA) is 85.6 Å². The van der Waals surface area contributed by atoms with E-state index >= 15 is 0 Å². The molecule has 7 nitrogen and oxygen atoms in total. The van der Waals surface area contributed by atoms with Crippen LogP contribution in [0.2, 0.25) is 5.15 Å². The molecule has 0 aliphatic rings. The molecular weight excluding hydrogens is 372 g/mol. The van der Waals surface area contributed by atoms with Gasteiger partial charge >= 0.3 is 0 Å². The second kappa shape index (κ2) is 6.47. The molecule has 4 aromatic heterocycles. The third kappa shape index (κ3) is 2.93. The minimum atomic E-state index is -0.292. The van der Waals surface area contributed by atoms with Crippen LogP contribution >= 0.6 is 22.9 Å². The molecule has 0 unspecified atom stereocenters. The zero-order valence-corrected chi connectivity index (χ0v) is 15.5. The lowest BCUT2D eigenvalue weighted by Crippen LogP contribution is -2.23. The average Bonchev–Trinajstić information content (AvgIpc) is 3.19. The molecule has 0 fully saturated rings. The molecule has 0 saturated carbocycles. The van der Waals surface area contributed by atoms with E-state index < -0.39 is 0 Å². The standard InChI is InChI=1S/C17H13ClN6OS/c1-9-7-24(13-3-4-19-5-11(9)13)23-16(25)12-6-20-15(21-10(12)2)17-22-14(18)8-26-17/h3-8H,1-2H3,(H,23,25). The van der Waals surface area contributed by atoms with E-state index in [4.69, 9.17) is 11.6 Å². The van der Waals surface area contributed by atoms with Crippen molar-refractivity contribution in [1.82, 2.24) is 24.6 Å². The van der Waals surface area contributed by atoms with Gasteiger partial charge in [-0.1, -0.05) is 11.6 Å². The highest BCUT2D eigenvalue weighted by atomic mass is 35.5. The van der Waals surface area contributed by atoms with E-state index in [2.05, 4.69) is 25.4 Å². The van der Waals surface area contributed by atoms with Crippen LogP contribution in [0, 0.1) is 13.8 Å². The predicted octanol–water partition coefficient (Wildman–Crippen LogP) is 3.60. The number of aromatic nitrogens is 5. The monoisotopic (exact) mass is 384 g/mol. The molecule has 0 aliphatic carbocycles. The summed E-state index contributed by atoms with van der Waals surface area (Å²) < 4.78 is 1.68. The number of halogens is 1. The maximum absolute atomic E-state index is 12.7. The molecule has 0 spiro atoms. The highest BCUT2D eigenvalue weighted by molar-refractivity contribution is 7.13. The molecule has 0 radical (unpaired) electrons. The number of fused-ring (bicyclic) bond motifs is 1. The summed E-state index contributed by atoms with van der Waals surface area (Å²) in [6.07, 6.45) is 6.82. The first-order valence-corrected chi connectivity index (χ1v) is 8.97. The smallest absolute Gasteiger partial charge is 0.267 e. The molecule has 0 bridgehead atoms. The van der Waals surface area contributed by atoms with Crippen LogP contribution in [0.1, 0.15) is 21.6 Å². The Bertz CT molecular complexity index is 1140. The summed E-state index contributed by atoms with van der Waals surface area (Å²) >= 11 is 7.20. The number of carbonyl (C=O) groups excluding carboxylic acids is 1. The maximum Gasteiger partial charge on any atom is 0.273 e. The van der Waals surface area contributed by atoms with Crippen molar-refractivity contribution in [2.75, 3.05) is 5.43 Å². The van der Waals surface area contributed by atoms with Gasteiger partial charge in [0.25, 0.3) is 5.91 Å². The van der Waals surface area contributed by atoms with E-state index in [1.54, 1.807) is 29.4 Å². The van der Waals surface area contributed by atoms with Crippen molar-refractivity contribution >= 4 is 39.7 Å². The quantitative estimate of drug-likeness (QED) is 0.583. The van der Waals surface area contributed by atoms with E-state index in [0.717, 1.165) is 16.5 Å². The number of hydrogen-bond acceptors (Lipinski definition) is 6. The largest absolute Gasteiger partial charge is 0.273 e. The van der Waals surface area contributed by atoms with E-state index in [-0.39, 0.29) is 5.91 Å². The van der Waals surface area contributed by atoms with Gasteiger partial charge < -0.3 is 0 Å². The highest BCUT2D eigenvalue weighted by Gasteiger charge is 2.16. The van der Waals surface area contributed by atoms with Gasteiger partial charge in [-0.2, -0.15) is 0 Å². The van der Waals surface area contributed by atoms with Crippen molar-refractivity contribution < 1.29 is 4.79 Å². The molecule has 1 amide bonds. The predicted molar refractivity (Wildman–Crippen MR) is 101 cm³/mol. The Balaban J connectivity index is 1.64. The second-order valence-corrected chi connectivity index (χ2v) is 6.93. The molecule has 0 saturated heterocycles. The summed E-state index contributed by atoms with van der Waals surface area (Å²) in [5.74, 6) is 0.157. The van der Waals surface area contributed by atoms with Crippen LogP contribution in [0.5, 0.6) is 0 Å². The zero-order valence-electron chi connectivity index (χ0n) is 13.9. The summed E-state index contributed by atoms with van der Waals surface area (Å²) in [5.41, 5.74) is 5.72. The van der Waals surface area contributed by atoms with Gasteiger partial charge in [0.2, 0.25) is 0 Å². The number of hydrogen-bond donors (Lipinski definition) is 1. The highest BCUT2D eigenvalue weighted by Crippen LogP contribution is 2.23. The first kappa shape index (κ1) is 16.6. The summed E-state index contributed by atoms with van der Waals surface area (Å²) in [5, 5.41) is 3.71. The van der Waals surface area contributed by atoms with E-state index in [1.807, 2.05) is 19.2 Å². The molecule has 0 aliphatic heterocycles.